The van der Waals surface area contributed by atoms with Crippen LogP contribution in [-0.2, 0) is 9.59 Å². The number of amides is 4. The van der Waals surface area contributed by atoms with E-state index < -0.39 is 17.8 Å². The van der Waals surface area contributed by atoms with Crippen LogP contribution >= 0.6 is 11.6 Å². The standard InChI is InChI=1S/C22H15ClFN3O3/c1-13-18(23)5-2-6-19(13)27-21(29)17(20(28)25-22(27)30)12-16-4-3-11-26(16)15-9-7-14(24)8-10-15/h2-12H,1H3,(H,25,28,30)/b17-12+. The molecule has 0 unspecified atom stereocenters. The Hall–Kier alpha value is -3.71. The highest BCUT2D eigenvalue weighted by Crippen LogP contribution is 2.29. The summed E-state index contributed by atoms with van der Waals surface area (Å²) < 4.78 is 14.9. The van der Waals surface area contributed by atoms with E-state index in [9.17, 15) is 18.8 Å². The van der Waals surface area contributed by atoms with Crippen LogP contribution in [0.3, 0.4) is 0 Å². The van der Waals surface area contributed by atoms with E-state index in [2.05, 4.69) is 5.32 Å². The van der Waals surface area contributed by atoms with Crippen LogP contribution in [0.15, 0.2) is 66.4 Å². The van der Waals surface area contributed by atoms with Crippen LogP contribution in [-0.4, -0.2) is 22.4 Å². The molecule has 6 nitrogen and oxygen atoms in total. The predicted molar refractivity (Wildman–Crippen MR) is 111 cm³/mol. The van der Waals surface area contributed by atoms with Crippen molar-refractivity contribution in [3.63, 3.8) is 0 Å². The number of urea groups is 1. The lowest BCUT2D eigenvalue weighted by atomic mass is 10.1. The topological polar surface area (TPSA) is 71.4 Å². The van der Waals surface area contributed by atoms with Crippen LogP contribution in [0, 0.1) is 12.7 Å². The Morgan fingerprint density at radius 3 is 2.47 bits per heavy atom. The van der Waals surface area contributed by atoms with Crippen LogP contribution in [0.4, 0.5) is 14.9 Å². The molecule has 1 aromatic heterocycles. The maximum absolute atomic E-state index is 13.2. The molecule has 4 rings (SSSR count). The van der Waals surface area contributed by atoms with Crippen molar-refractivity contribution in [3.05, 3.63) is 88.5 Å². The van der Waals surface area contributed by atoms with Crippen LogP contribution in [0.5, 0.6) is 0 Å². The van der Waals surface area contributed by atoms with E-state index in [0.717, 1.165) is 4.90 Å². The highest BCUT2D eigenvalue weighted by molar-refractivity contribution is 6.39. The Balaban J connectivity index is 1.77. The molecule has 0 aliphatic carbocycles. The monoisotopic (exact) mass is 423 g/mol. The van der Waals surface area contributed by atoms with Gasteiger partial charge in [-0.05, 0) is 67.1 Å². The van der Waals surface area contributed by atoms with Gasteiger partial charge in [-0.3, -0.25) is 14.9 Å². The Labute approximate surface area is 176 Å². The summed E-state index contributed by atoms with van der Waals surface area (Å²) in [6.07, 6.45) is 3.11. The molecule has 2 aromatic carbocycles. The van der Waals surface area contributed by atoms with Gasteiger partial charge in [-0.25, -0.2) is 14.1 Å². The summed E-state index contributed by atoms with van der Waals surface area (Å²) >= 11 is 6.13. The number of benzene rings is 2. The number of carbonyl (C=O) groups excluding carboxylic acids is 3. The van der Waals surface area contributed by atoms with E-state index in [4.69, 9.17) is 11.6 Å². The number of anilines is 1. The predicted octanol–water partition coefficient (Wildman–Crippen LogP) is 4.24. The van der Waals surface area contributed by atoms with Crippen molar-refractivity contribution in [1.29, 1.82) is 0 Å². The van der Waals surface area contributed by atoms with Crippen LogP contribution < -0.4 is 10.2 Å². The van der Waals surface area contributed by atoms with E-state index >= 15 is 0 Å². The summed E-state index contributed by atoms with van der Waals surface area (Å²) in [6.45, 7) is 1.68. The first-order valence-electron chi connectivity index (χ1n) is 8.96. The number of barbiturate groups is 1. The number of hydrogen-bond donors (Lipinski definition) is 1. The summed E-state index contributed by atoms with van der Waals surface area (Å²) in [5.74, 6) is -1.94. The summed E-state index contributed by atoms with van der Waals surface area (Å²) in [7, 11) is 0. The summed E-state index contributed by atoms with van der Waals surface area (Å²) in [5, 5.41) is 2.58. The van der Waals surface area contributed by atoms with Crippen LogP contribution in [0.25, 0.3) is 11.8 Å². The van der Waals surface area contributed by atoms with Gasteiger partial charge in [0.25, 0.3) is 11.8 Å². The van der Waals surface area contributed by atoms with Gasteiger partial charge < -0.3 is 4.57 Å². The first-order valence-corrected chi connectivity index (χ1v) is 9.34. The largest absolute Gasteiger partial charge is 0.335 e. The van der Waals surface area contributed by atoms with Gasteiger partial charge in [0.1, 0.15) is 11.4 Å². The van der Waals surface area contributed by atoms with E-state index in [1.54, 1.807) is 60.2 Å². The second-order valence-corrected chi connectivity index (χ2v) is 7.03. The molecule has 150 valence electrons. The highest BCUT2D eigenvalue weighted by Gasteiger charge is 2.37. The van der Waals surface area contributed by atoms with Crippen LogP contribution in [0.1, 0.15) is 11.3 Å². The van der Waals surface area contributed by atoms with Crippen molar-refractivity contribution >= 4 is 41.2 Å². The summed E-state index contributed by atoms with van der Waals surface area (Å²) in [6, 6.07) is 13.2. The van der Waals surface area contributed by atoms with Crippen molar-refractivity contribution in [2.75, 3.05) is 4.90 Å². The number of imide groups is 2. The summed E-state index contributed by atoms with van der Waals surface area (Å²) in [4.78, 5) is 38.8. The molecule has 0 atom stereocenters. The van der Waals surface area contributed by atoms with Crippen molar-refractivity contribution in [2.45, 2.75) is 6.92 Å². The van der Waals surface area contributed by atoms with Gasteiger partial charge in [-0.1, -0.05) is 17.7 Å². The molecule has 1 N–H and O–H groups in total. The van der Waals surface area contributed by atoms with Crippen molar-refractivity contribution in [3.8, 4) is 5.69 Å². The molecule has 4 amide bonds. The van der Waals surface area contributed by atoms with Crippen LogP contribution in [0.2, 0.25) is 5.02 Å². The van der Waals surface area contributed by atoms with Gasteiger partial charge in [0, 0.05) is 22.6 Å². The maximum atomic E-state index is 13.2. The Morgan fingerprint density at radius 1 is 1.00 bits per heavy atom. The number of hydrogen-bond acceptors (Lipinski definition) is 3. The Morgan fingerprint density at radius 2 is 1.73 bits per heavy atom. The third kappa shape index (κ3) is 3.40. The second-order valence-electron chi connectivity index (χ2n) is 6.62. The number of nitrogens with zero attached hydrogens (tertiary/aromatic N) is 2. The Kier molecular flexibility index (Phi) is 4.97. The average molecular weight is 424 g/mol. The minimum Gasteiger partial charge on any atom is -0.317 e. The molecule has 0 bridgehead atoms. The lowest BCUT2D eigenvalue weighted by Gasteiger charge is -2.27. The number of carbonyl (C=O) groups is 3. The van der Waals surface area contributed by atoms with Gasteiger partial charge in [0.15, 0.2) is 0 Å². The lowest BCUT2D eigenvalue weighted by molar-refractivity contribution is -0.122. The van der Waals surface area contributed by atoms with Gasteiger partial charge in [0.2, 0.25) is 0 Å². The maximum Gasteiger partial charge on any atom is 0.335 e. The van der Waals surface area contributed by atoms with E-state index in [0.29, 0.717) is 22.0 Å². The molecule has 3 aromatic rings. The van der Waals surface area contributed by atoms with E-state index in [1.807, 2.05) is 0 Å². The third-order valence-corrected chi connectivity index (χ3v) is 5.17. The highest BCUT2D eigenvalue weighted by atomic mass is 35.5. The molecular formula is C22H15ClFN3O3. The van der Waals surface area contributed by atoms with Gasteiger partial charge in [0.05, 0.1) is 5.69 Å². The zero-order valence-electron chi connectivity index (χ0n) is 15.7. The molecule has 30 heavy (non-hydrogen) atoms. The molecule has 0 radical (unpaired) electrons. The zero-order valence-corrected chi connectivity index (χ0v) is 16.5. The van der Waals surface area contributed by atoms with Crippen molar-refractivity contribution < 1.29 is 18.8 Å². The second kappa shape index (κ2) is 7.61. The Bertz CT molecular complexity index is 1210. The first-order chi connectivity index (χ1) is 14.4. The quantitative estimate of drug-likeness (QED) is 0.506. The van der Waals surface area contributed by atoms with Gasteiger partial charge in [-0.15, -0.1) is 0 Å². The number of nitrogens with one attached hydrogen (secondary N) is 1. The van der Waals surface area contributed by atoms with Gasteiger partial charge in [-0.2, -0.15) is 0 Å². The molecular weight excluding hydrogens is 409 g/mol. The fraction of sp³-hybridized carbons (Fsp3) is 0.0455. The summed E-state index contributed by atoms with van der Waals surface area (Å²) in [5.41, 5.74) is 1.77. The average Bonchev–Trinajstić information content (AvgIpc) is 3.17. The SMILES string of the molecule is Cc1c(Cl)cccc1N1C(=O)NC(=O)/C(=C\c2cccn2-c2ccc(F)cc2)C1=O. The minimum atomic E-state index is -0.846. The lowest BCUT2D eigenvalue weighted by Crippen LogP contribution is -2.54. The minimum absolute atomic E-state index is 0.212. The molecule has 2 heterocycles. The normalized spacial score (nSPS) is 15.6. The number of halogens is 2. The van der Waals surface area contributed by atoms with E-state index in [1.165, 1.54) is 18.2 Å². The number of rotatable bonds is 3. The van der Waals surface area contributed by atoms with Gasteiger partial charge >= 0.3 is 6.03 Å². The smallest absolute Gasteiger partial charge is 0.317 e. The fourth-order valence-corrected chi connectivity index (χ4v) is 3.38. The molecule has 0 saturated carbocycles. The van der Waals surface area contributed by atoms with E-state index in [-0.39, 0.29) is 17.1 Å². The molecule has 1 aliphatic heterocycles. The third-order valence-electron chi connectivity index (χ3n) is 4.76. The van der Waals surface area contributed by atoms with Crippen molar-refractivity contribution in [2.24, 2.45) is 0 Å². The number of aromatic nitrogens is 1. The first kappa shape index (κ1) is 19.6. The molecule has 0 spiro atoms. The fourth-order valence-electron chi connectivity index (χ4n) is 3.21. The zero-order chi connectivity index (χ0) is 21.4. The molecule has 1 fully saturated rings. The molecule has 8 heteroatoms. The molecule has 1 saturated heterocycles. The molecule has 1 aliphatic rings. The van der Waals surface area contributed by atoms with Crippen molar-refractivity contribution in [1.82, 2.24) is 9.88 Å².